The van der Waals surface area contributed by atoms with Gasteiger partial charge in [0.05, 0.1) is 6.10 Å². The molecule has 0 amide bonds. The van der Waals surface area contributed by atoms with E-state index in [1.54, 1.807) is 0 Å². The molecule has 0 spiro atoms. The molecule has 3 nitrogen and oxygen atoms in total. The van der Waals surface area contributed by atoms with Crippen LogP contribution in [0.5, 0.6) is 5.75 Å². The molecular weight excluding hydrogens is 224 g/mol. The van der Waals surface area contributed by atoms with Gasteiger partial charge in [0.25, 0.3) is 0 Å². The molecule has 4 N–H and O–H groups in total. The van der Waals surface area contributed by atoms with E-state index in [0.29, 0.717) is 18.4 Å². The lowest BCUT2D eigenvalue weighted by Gasteiger charge is -2.26. The van der Waals surface area contributed by atoms with Crippen LogP contribution in [0.3, 0.4) is 0 Å². The van der Waals surface area contributed by atoms with Gasteiger partial charge < -0.3 is 16.2 Å². The first kappa shape index (κ1) is 15.0. The molecule has 0 aromatic heterocycles. The quantitative estimate of drug-likeness (QED) is 0.816. The first-order valence-corrected chi connectivity index (χ1v) is 6.68. The van der Waals surface area contributed by atoms with Gasteiger partial charge in [-0.15, -0.1) is 0 Å². The van der Waals surface area contributed by atoms with E-state index >= 15 is 0 Å². The predicted molar refractivity (Wildman–Crippen MR) is 76.5 cm³/mol. The number of nitrogens with two attached hydrogens (primary N) is 2. The molecule has 0 saturated carbocycles. The molecule has 0 saturated heterocycles. The van der Waals surface area contributed by atoms with Gasteiger partial charge in [0, 0.05) is 6.04 Å². The SMILES string of the molecule is CC(C)Oc1ccc(C(N)C(CN)C(C)C)cc1. The summed E-state index contributed by atoms with van der Waals surface area (Å²) in [7, 11) is 0. The second-order valence-corrected chi connectivity index (χ2v) is 5.40. The summed E-state index contributed by atoms with van der Waals surface area (Å²) in [5.41, 5.74) is 13.2. The average molecular weight is 250 g/mol. The summed E-state index contributed by atoms with van der Waals surface area (Å²) < 4.78 is 5.62. The van der Waals surface area contributed by atoms with Gasteiger partial charge in [0.1, 0.15) is 5.75 Å². The lowest BCUT2D eigenvalue weighted by Crippen LogP contribution is -2.31. The van der Waals surface area contributed by atoms with Crippen molar-refractivity contribution in [2.75, 3.05) is 6.54 Å². The highest BCUT2D eigenvalue weighted by molar-refractivity contribution is 5.29. The Morgan fingerprint density at radius 2 is 1.61 bits per heavy atom. The summed E-state index contributed by atoms with van der Waals surface area (Å²) in [4.78, 5) is 0. The average Bonchev–Trinajstić information content (AvgIpc) is 2.29. The molecule has 0 heterocycles. The van der Waals surface area contributed by atoms with Crippen LogP contribution >= 0.6 is 0 Å². The molecule has 0 aliphatic heterocycles. The van der Waals surface area contributed by atoms with E-state index in [9.17, 15) is 0 Å². The fourth-order valence-corrected chi connectivity index (χ4v) is 2.12. The highest BCUT2D eigenvalue weighted by atomic mass is 16.5. The summed E-state index contributed by atoms with van der Waals surface area (Å²) in [6.07, 6.45) is 0.192. The fraction of sp³-hybridized carbons (Fsp3) is 0.600. The van der Waals surface area contributed by atoms with E-state index in [0.717, 1.165) is 11.3 Å². The van der Waals surface area contributed by atoms with Gasteiger partial charge >= 0.3 is 0 Å². The van der Waals surface area contributed by atoms with Crippen LogP contribution < -0.4 is 16.2 Å². The predicted octanol–water partition coefficient (Wildman–Crippen LogP) is 2.70. The van der Waals surface area contributed by atoms with Gasteiger partial charge in [-0.3, -0.25) is 0 Å². The molecule has 2 unspecified atom stereocenters. The maximum Gasteiger partial charge on any atom is 0.119 e. The molecule has 0 fully saturated rings. The molecule has 1 aromatic rings. The Hall–Kier alpha value is -1.06. The summed E-state index contributed by atoms with van der Waals surface area (Å²) in [6.45, 7) is 8.97. The Morgan fingerprint density at radius 3 is 2.00 bits per heavy atom. The van der Waals surface area contributed by atoms with E-state index in [1.165, 1.54) is 0 Å². The standard InChI is InChI=1S/C15H26N2O/c1-10(2)14(9-16)15(17)12-5-7-13(8-6-12)18-11(3)4/h5-8,10-11,14-15H,9,16-17H2,1-4H3. The zero-order valence-corrected chi connectivity index (χ0v) is 11.9. The Labute approximate surface area is 111 Å². The monoisotopic (exact) mass is 250 g/mol. The minimum Gasteiger partial charge on any atom is -0.491 e. The van der Waals surface area contributed by atoms with E-state index in [2.05, 4.69) is 13.8 Å². The van der Waals surface area contributed by atoms with Gasteiger partial charge in [-0.25, -0.2) is 0 Å². The van der Waals surface area contributed by atoms with Crippen LogP contribution in [-0.4, -0.2) is 12.6 Å². The van der Waals surface area contributed by atoms with Crippen LogP contribution in [-0.2, 0) is 0 Å². The van der Waals surface area contributed by atoms with Gasteiger partial charge in [-0.1, -0.05) is 26.0 Å². The maximum atomic E-state index is 6.28. The number of rotatable bonds is 6. The molecule has 18 heavy (non-hydrogen) atoms. The van der Waals surface area contributed by atoms with E-state index in [1.807, 2.05) is 38.1 Å². The van der Waals surface area contributed by atoms with Crippen LogP contribution in [0.4, 0.5) is 0 Å². The largest absolute Gasteiger partial charge is 0.491 e. The Balaban J connectivity index is 2.77. The van der Waals surface area contributed by atoms with Gasteiger partial charge in [0.2, 0.25) is 0 Å². The Morgan fingerprint density at radius 1 is 1.06 bits per heavy atom. The molecular formula is C15H26N2O. The third-order valence-corrected chi connectivity index (χ3v) is 3.23. The third-order valence-electron chi connectivity index (χ3n) is 3.23. The van der Waals surface area contributed by atoms with Crippen LogP contribution in [0.25, 0.3) is 0 Å². The zero-order chi connectivity index (χ0) is 13.7. The zero-order valence-electron chi connectivity index (χ0n) is 11.9. The first-order valence-electron chi connectivity index (χ1n) is 6.68. The van der Waals surface area contributed by atoms with Crippen molar-refractivity contribution in [3.05, 3.63) is 29.8 Å². The van der Waals surface area contributed by atoms with Crippen LogP contribution in [0.15, 0.2) is 24.3 Å². The topological polar surface area (TPSA) is 61.3 Å². The van der Waals surface area contributed by atoms with Crippen molar-refractivity contribution >= 4 is 0 Å². The number of ether oxygens (including phenoxy) is 1. The normalized spacial score (nSPS) is 14.9. The van der Waals surface area contributed by atoms with Gasteiger partial charge in [-0.05, 0) is 49.9 Å². The fourth-order valence-electron chi connectivity index (χ4n) is 2.12. The molecule has 0 aliphatic carbocycles. The number of hydrogen-bond donors (Lipinski definition) is 2. The second kappa shape index (κ2) is 6.76. The molecule has 1 rings (SSSR count). The molecule has 2 atom stereocenters. The minimum absolute atomic E-state index is 0.0110. The number of benzene rings is 1. The summed E-state index contributed by atoms with van der Waals surface area (Å²) in [6, 6.07) is 8.01. The van der Waals surface area contributed by atoms with E-state index < -0.39 is 0 Å². The van der Waals surface area contributed by atoms with Crippen LogP contribution in [0.1, 0.15) is 39.3 Å². The van der Waals surface area contributed by atoms with Gasteiger partial charge in [-0.2, -0.15) is 0 Å². The molecule has 3 heteroatoms. The van der Waals surface area contributed by atoms with Crippen molar-refractivity contribution in [1.82, 2.24) is 0 Å². The summed E-state index contributed by atoms with van der Waals surface area (Å²) in [5.74, 6) is 1.67. The lowest BCUT2D eigenvalue weighted by molar-refractivity contribution is 0.242. The van der Waals surface area contributed by atoms with E-state index in [4.69, 9.17) is 16.2 Å². The third kappa shape index (κ3) is 4.00. The van der Waals surface area contributed by atoms with Crippen molar-refractivity contribution in [1.29, 1.82) is 0 Å². The second-order valence-electron chi connectivity index (χ2n) is 5.40. The van der Waals surface area contributed by atoms with Gasteiger partial charge in [0.15, 0.2) is 0 Å². The highest BCUT2D eigenvalue weighted by Gasteiger charge is 2.21. The molecule has 0 aliphatic rings. The smallest absolute Gasteiger partial charge is 0.119 e. The number of hydrogen-bond acceptors (Lipinski definition) is 3. The highest BCUT2D eigenvalue weighted by Crippen LogP contribution is 2.26. The van der Waals surface area contributed by atoms with Crippen molar-refractivity contribution in [3.8, 4) is 5.75 Å². The molecule has 102 valence electrons. The van der Waals surface area contributed by atoms with Crippen LogP contribution in [0.2, 0.25) is 0 Å². The maximum absolute atomic E-state index is 6.28. The molecule has 1 aromatic carbocycles. The van der Waals surface area contributed by atoms with Crippen molar-refractivity contribution < 1.29 is 4.74 Å². The molecule has 0 radical (unpaired) electrons. The van der Waals surface area contributed by atoms with Crippen molar-refractivity contribution in [2.45, 2.75) is 39.8 Å². The Bertz CT molecular complexity index is 346. The first-order chi connectivity index (χ1) is 8.45. The summed E-state index contributed by atoms with van der Waals surface area (Å²) >= 11 is 0. The lowest BCUT2D eigenvalue weighted by atomic mass is 9.85. The Kier molecular flexibility index (Phi) is 5.63. The minimum atomic E-state index is -0.0110. The summed E-state index contributed by atoms with van der Waals surface area (Å²) in [5, 5.41) is 0. The van der Waals surface area contributed by atoms with Crippen molar-refractivity contribution in [2.24, 2.45) is 23.3 Å². The molecule has 0 bridgehead atoms. The van der Waals surface area contributed by atoms with E-state index in [-0.39, 0.29) is 12.1 Å². The van der Waals surface area contributed by atoms with Crippen LogP contribution in [0, 0.1) is 11.8 Å². The van der Waals surface area contributed by atoms with Crippen molar-refractivity contribution in [3.63, 3.8) is 0 Å².